The number of nitrogens with two attached hydrogens (primary N) is 4. The van der Waals surface area contributed by atoms with E-state index in [4.69, 9.17) is 22.9 Å². The first kappa shape index (κ1) is 15.8. The molecule has 0 aliphatic heterocycles. The van der Waals surface area contributed by atoms with Crippen molar-refractivity contribution < 1.29 is 0 Å². The largest absolute Gasteiger partial charge is 0.329 e. The second kappa shape index (κ2) is 11.3. The van der Waals surface area contributed by atoms with Gasteiger partial charge in [-0.2, -0.15) is 0 Å². The second-order valence-electron chi connectivity index (χ2n) is 3.95. The van der Waals surface area contributed by atoms with Crippen LogP contribution in [-0.4, -0.2) is 63.3 Å². The standard InChI is InChI=1S/C10H28N6/c11-2-4-15-5-8-16(7-3-12)6-1-10(14)9-13/h10,15H,1-9,11-14H2. The zero-order chi connectivity index (χ0) is 12.2. The molecule has 0 saturated carbocycles. The number of nitrogens with zero attached hydrogens (tertiary/aromatic N) is 1. The van der Waals surface area contributed by atoms with Crippen LogP contribution in [-0.2, 0) is 0 Å². The van der Waals surface area contributed by atoms with Crippen LogP contribution in [0.4, 0.5) is 0 Å². The van der Waals surface area contributed by atoms with Gasteiger partial charge in [-0.05, 0) is 13.0 Å². The van der Waals surface area contributed by atoms with Crippen LogP contribution in [0.1, 0.15) is 6.42 Å². The molecule has 0 amide bonds. The molecule has 6 heteroatoms. The van der Waals surface area contributed by atoms with Gasteiger partial charge >= 0.3 is 0 Å². The smallest absolute Gasteiger partial charge is 0.0175 e. The van der Waals surface area contributed by atoms with Crippen LogP contribution in [0.5, 0.6) is 0 Å². The van der Waals surface area contributed by atoms with E-state index in [0.717, 1.165) is 39.1 Å². The van der Waals surface area contributed by atoms with E-state index in [2.05, 4.69) is 10.2 Å². The van der Waals surface area contributed by atoms with Crippen molar-refractivity contribution in [3.8, 4) is 0 Å². The van der Waals surface area contributed by atoms with Gasteiger partial charge in [0.25, 0.3) is 0 Å². The van der Waals surface area contributed by atoms with E-state index < -0.39 is 0 Å². The molecule has 16 heavy (non-hydrogen) atoms. The van der Waals surface area contributed by atoms with Crippen molar-refractivity contribution >= 4 is 0 Å². The Morgan fingerprint density at radius 3 is 2.25 bits per heavy atom. The summed E-state index contributed by atoms with van der Waals surface area (Å²) in [6.45, 7) is 6.54. The summed E-state index contributed by atoms with van der Waals surface area (Å²) in [6, 6.07) is 0.0947. The van der Waals surface area contributed by atoms with E-state index >= 15 is 0 Å². The summed E-state index contributed by atoms with van der Waals surface area (Å²) in [5.74, 6) is 0. The highest BCUT2D eigenvalue weighted by atomic mass is 15.1. The lowest BCUT2D eigenvalue weighted by molar-refractivity contribution is 0.270. The predicted octanol–water partition coefficient (Wildman–Crippen LogP) is -2.53. The Hall–Kier alpha value is -0.240. The van der Waals surface area contributed by atoms with Crippen LogP contribution in [0.3, 0.4) is 0 Å². The van der Waals surface area contributed by atoms with E-state index in [-0.39, 0.29) is 6.04 Å². The molecule has 0 spiro atoms. The number of rotatable bonds is 11. The molecular weight excluding hydrogens is 204 g/mol. The summed E-state index contributed by atoms with van der Waals surface area (Å²) in [4.78, 5) is 2.30. The molecule has 1 unspecified atom stereocenters. The minimum absolute atomic E-state index is 0.0947. The molecule has 0 rings (SSSR count). The maximum Gasteiger partial charge on any atom is 0.0175 e. The predicted molar refractivity (Wildman–Crippen MR) is 69.1 cm³/mol. The van der Waals surface area contributed by atoms with Gasteiger partial charge < -0.3 is 33.2 Å². The Labute approximate surface area is 98.7 Å². The minimum atomic E-state index is 0.0947. The Bertz CT molecular complexity index is 143. The van der Waals surface area contributed by atoms with Crippen molar-refractivity contribution in [3.05, 3.63) is 0 Å². The van der Waals surface area contributed by atoms with Gasteiger partial charge in [-0.25, -0.2) is 0 Å². The van der Waals surface area contributed by atoms with Gasteiger partial charge in [0.15, 0.2) is 0 Å². The maximum atomic E-state index is 5.78. The minimum Gasteiger partial charge on any atom is -0.329 e. The van der Waals surface area contributed by atoms with Crippen molar-refractivity contribution in [3.63, 3.8) is 0 Å². The third kappa shape index (κ3) is 9.02. The summed E-state index contributed by atoms with van der Waals surface area (Å²) in [6.07, 6.45) is 0.924. The highest BCUT2D eigenvalue weighted by molar-refractivity contribution is 4.67. The van der Waals surface area contributed by atoms with Gasteiger partial charge in [0.2, 0.25) is 0 Å². The Kier molecular flexibility index (Phi) is 11.1. The van der Waals surface area contributed by atoms with E-state index in [1.807, 2.05) is 0 Å². The first-order chi connectivity index (χ1) is 7.74. The molecule has 0 aliphatic carbocycles. The summed E-state index contributed by atoms with van der Waals surface area (Å²) in [7, 11) is 0. The van der Waals surface area contributed by atoms with Gasteiger partial charge in [-0.1, -0.05) is 0 Å². The molecule has 1 atom stereocenters. The average Bonchev–Trinajstić information content (AvgIpc) is 2.30. The zero-order valence-electron chi connectivity index (χ0n) is 10.2. The van der Waals surface area contributed by atoms with Crippen LogP contribution in [0.15, 0.2) is 0 Å². The molecule has 0 aromatic rings. The van der Waals surface area contributed by atoms with Crippen molar-refractivity contribution in [2.45, 2.75) is 12.5 Å². The van der Waals surface area contributed by atoms with Crippen molar-refractivity contribution in [2.75, 3.05) is 52.4 Å². The molecule has 0 aliphatic rings. The summed E-state index contributed by atoms with van der Waals surface area (Å²) >= 11 is 0. The first-order valence-electron chi connectivity index (χ1n) is 6.03. The SMILES string of the molecule is NCCNCCN(CCN)CCC(N)CN. The molecule has 0 bridgehead atoms. The number of nitrogens with one attached hydrogen (secondary N) is 1. The van der Waals surface area contributed by atoms with E-state index in [1.54, 1.807) is 0 Å². The lowest BCUT2D eigenvalue weighted by Crippen LogP contribution is -2.40. The quantitative estimate of drug-likeness (QED) is 0.251. The fourth-order valence-corrected chi connectivity index (χ4v) is 1.45. The third-order valence-electron chi connectivity index (χ3n) is 2.49. The van der Waals surface area contributed by atoms with Crippen molar-refractivity contribution in [1.29, 1.82) is 0 Å². The maximum absolute atomic E-state index is 5.78. The number of hydrogen-bond acceptors (Lipinski definition) is 6. The highest BCUT2D eigenvalue weighted by Gasteiger charge is 2.06. The van der Waals surface area contributed by atoms with Crippen molar-refractivity contribution in [1.82, 2.24) is 10.2 Å². The zero-order valence-corrected chi connectivity index (χ0v) is 10.2. The van der Waals surface area contributed by atoms with Crippen LogP contribution in [0.2, 0.25) is 0 Å². The molecule has 0 heterocycles. The molecule has 98 valence electrons. The summed E-state index contributed by atoms with van der Waals surface area (Å²) in [5, 5.41) is 3.26. The Balaban J connectivity index is 3.61. The van der Waals surface area contributed by atoms with Gasteiger partial charge in [-0.15, -0.1) is 0 Å². The van der Waals surface area contributed by atoms with Gasteiger partial charge in [0.1, 0.15) is 0 Å². The second-order valence-corrected chi connectivity index (χ2v) is 3.95. The summed E-state index contributed by atoms with van der Waals surface area (Å²) in [5.41, 5.74) is 22.2. The first-order valence-corrected chi connectivity index (χ1v) is 6.03. The van der Waals surface area contributed by atoms with E-state index in [0.29, 0.717) is 19.6 Å². The molecule has 0 radical (unpaired) electrons. The molecule has 0 aromatic carbocycles. The Morgan fingerprint density at radius 1 is 0.938 bits per heavy atom. The van der Waals surface area contributed by atoms with Crippen LogP contribution < -0.4 is 28.3 Å². The van der Waals surface area contributed by atoms with Crippen LogP contribution in [0, 0.1) is 0 Å². The monoisotopic (exact) mass is 232 g/mol. The lowest BCUT2D eigenvalue weighted by atomic mass is 10.2. The van der Waals surface area contributed by atoms with Gasteiger partial charge in [0, 0.05) is 51.9 Å². The molecule has 6 nitrogen and oxygen atoms in total. The lowest BCUT2D eigenvalue weighted by Gasteiger charge is -2.23. The van der Waals surface area contributed by atoms with Gasteiger partial charge in [-0.3, -0.25) is 0 Å². The molecule has 0 aromatic heterocycles. The van der Waals surface area contributed by atoms with Gasteiger partial charge in [0.05, 0.1) is 0 Å². The van der Waals surface area contributed by atoms with E-state index in [9.17, 15) is 0 Å². The summed E-state index contributed by atoms with van der Waals surface area (Å²) < 4.78 is 0. The fraction of sp³-hybridized carbons (Fsp3) is 1.00. The average molecular weight is 232 g/mol. The molecule has 0 fully saturated rings. The molecule has 0 saturated heterocycles. The Morgan fingerprint density at radius 2 is 1.69 bits per heavy atom. The number of hydrogen-bond donors (Lipinski definition) is 5. The molecule has 9 N–H and O–H groups in total. The van der Waals surface area contributed by atoms with Crippen LogP contribution in [0.25, 0.3) is 0 Å². The fourth-order valence-electron chi connectivity index (χ4n) is 1.45. The van der Waals surface area contributed by atoms with E-state index in [1.165, 1.54) is 0 Å². The topological polar surface area (TPSA) is 119 Å². The molecular formula is C10H28N6. The third-order valence-corrected chi connectivity index (χ3v) is 2.49. The van der Waals surface area contributed by atoms with Crippen LogP contribution >= 0.6 is 0 Å². The normalized spacial score (nSPS) is 13.3. The van der Waals surface area contributed by atoms with Crippen molar-refractivity contribution in [2.24, 2.45) is 22.9 Å². The highest BCUT2D eigenvalue weighted by Crippen LogP contribution is 1.93.